The summed E-state index contributed by atoms with van der Waals surface area (Å²) in [5.41, 5.74) is 1.44. The number of hydrogen-bond donors (Lipinski definition) is 0. The Bertz CT molecular complexity index is 520. The maximum atomic E-state index is 2.35. The van der Waals surface area contributed by atoms with Gasteiger partial charge in [-0.05, 0) is 30.1 Å². The van der Waals surface area contributed by atoms with Gasteiger partial charge in [-0.25, -0.2) is 0 Å². The molecule has 0 nitrogen and oxygen atoms in total. The Balaban J connectivity index is 2.42. The molecule has 1 heterocycles. The van der Waals surface area contributed by atoms with Gasteiger partial charge in [0.2, 0.25) is 0 Å². The number of fused-ring (bicyclic) bond motifs is 3. The van der Waals surface area contributed by atoms with Crippen LogP contribution < -0.4 is 0 Å². The number of rotatable bonds is 0. The van der Waals surface area contributed by atoms with Crippen LogP contribution in [0.5, 0.6) is 0 Å². The molecule has 0 saturated carbocycles. The van der Waals surface area contributed by atoms with Crippen LogP contribution >= 0.6 is 26.7 Å². The van der Waals surface area contributed by atoms with Crippen molar-refractivity contribution in [3.8, 4) is 0 Å². The van der Waals surface area contributed by atoms with Gasteiger partial charge in [-0.15, -0.1) is 0 Å². The highest BCUT2D eigenvalue weighted by atomic mass is 32.9. The first kappa shape index (κ1) is 8.92. The Morgan fingerprint density at radius 2 is 2.00 bits per heavy atom. The van der Waals surface area contributed by atoms with Crippen molar-refractivity contribution in [3.05, 3.63) is 42.0 Å². The first-order valence-electron chi connectivity index (χ1n) is 4.42. The molecule has 2 aromatic rings. The fourth-order valence-corrected chi connectivity index (χ4v) is 6.14. The topological polar surface area (TPSA) is 0 Å². The third-order valence-electron chi connectivity index (χ3n) is 2.33. The third-order valence-corrected chi connectivity index (χ3v) is 6.90. The second kappa shape index (κ2) is 3.66. The van der Waals surface area contributed by atoms with Gasteiger partial charge in [0, 0.05) is 10.5 Å². The van der Waals surface area contributed by atoms with Crippen LogP contribution in [0.4, 0.5) is 0 Å². The molecule has 0 N–H and O–H groups in total. The quantitative estimate of drug-likeness (QED) is 0.602. The van der Waals surface area contributed by atoms with Crippen molar-refractivity contribution >= 4 is 43.3 Å². The molecule has 1 aliphatic heterocycles. The van der Waals surface area contributed by atoms with Gasteiger partial charge in [-0.3, -0.25) is 0 Å². The molecule has 68 valence electrons. The van der Waals surface area contributed by atoms with E-state index in [1.165, 1.54) is 29.1 Å². The van der Waals surface area contributed by atoms with Crippen LogP contribution in [0.25, 0.3) is 10.8 Å². The van der Waals surface area contributed by atoms with Crippen LogP contribution in [0.3, 0.4) is 0 Å². The van der Waals surface area contributed by atoms with E-state index >= 15 is 0 Å². The zero-order valence-corrected chi connectivity index (χ0v) is 10.1. The molecule has 1 unspecified atom stereocenters. The van der Waals surface area contributed by atoms with E-state index < -0.39 is 0 Å². The lowest BCUT2D eigenvalue weighted by Gasteiger charge is -2.11. The number of hydrogen-bond acceptors (Lipinski definition) is 1. The van der Waals surface area contributed by atoms with E-state index in [2.05, 4.69) is 42.2 Å². The summed E-state index contributed by atoms with van der Waals surface area (Å²) in [6.45, 7) is 0. The number of benzene rings is 2. The molecular weight excluding hydrogens is 226 g/mol. The van der Waals surface area contributed by atoms with Gasteiger partial charge in [0.05, 0.1) is 0 Å². The Hall–Kier alpha value is -0.350. The lowest BCUT2D eigenvalue weighted by Crippen LogP contribution is -1.87. The molecule has 3 rings (SSSR count). The zero-order valence-electron chi connectivity index (χ0n) is 7.40. The molecule has 0 bridgehead atoms. The maximum Gasteiger partial charge on any atom is 0.0202 e. The van der Waals surface area contributed by atoms with E-state index in [4.69, 9.17) is 0 Å². The Morgan fingerprint density at radius 3 is 3.00 bits per heavy atom. The zero-order chi connectivity index (χ0) is 9.38. The minimum atomic E-state index is 0.973. The molecule has 0 amide bonds. The average molecular weight is 234 g/mol. The third kappa shape index (κ3) is 1.41. The van der Waals surface area contributed by atoms with Crippen molar-refractivity contribution in [1.82, 2.24) is 0 Å². The smallest absolute Gasteiger partial charge is 0.0202 e. The normalized spacial score (nSPS) is 17.1. The molecule has 0 saturated heterocycles. The molecule has 3 heteroatoms. The summed E-state index contributed by atoms with van der Waals surface area (Å²) < 4.78 is 0. The SMILES string of the molecule is C1=PPSc2ccc3ccccc3c21. The largest absolute Gasteiger partial charge is 0.0920 e. The first-order valence-corrected chi connectivity index (χ1v) is 8.76. The molecule has 14 heavy (non-hydrogen) atoms. The fraction of sp³-hybridized carbons (Fsp3) is 0. The molecule has 0 radical (unpaired) electrons. The van der Waals surface area contributed by atoms with Crippen LogP contribution in [0, 0.1) is 0 Å². The van der Waals surface area contributed by atoms with Crippen LogP contribution in [0.2, 0.25) is 0 Å². The predicted octanol–water partition coefficient (Wildman–Crippen LogP) is 4.55. The van der Waals surface area contributed by atoms with Gasteiger partial charge >= 0.3 is 0 Å². The molecule has 0 spiro atoms. The minimum Gasteiger partial charge on any atom is -0.0920 e. The minimum absolute atomic E-state index is 0.973. The Kier molecular flexibility index (Phi) is 2.33. The van der Waals surface area contributed by atoms with Gasteiger partial charge < -0.3 is 0 Å². The standard InChI is InChI=1S/C11H8P2S/c1-2-4-9-8(3-1)5-6-11-10(9)7-12-13-14-11/h1-7,13H. The van der Waals surface area contributed by atoms with Crippen LogP contribution in [-0.2, 0) is 0 Å². The summed E-state index contributed by atoms with van der Waals surface area (Å²) in [7, 11) is 2.43. The summed E-state index contributed by atoms with van der Waals surface area (Å²) >= 11 is 1.99. The molecular formula is C11H8P2S. The molecule has 1 aliphatic rings. The molecule has 2 aromatic carbocycles. The Morgan fingerprint density at radius 1 is 1.07 bits per heavy atom. The van der Waals surface area contributed by atoms with E-state index in [0.717, 1.165) is 7.47 Å². The maximum absolute atomic E-state index is 2.35. The lowest BCUT2D eigenvalue weighted by molar-refractivity contribution is 1.50. The van der Waals surface area contributed by atoms with Crippen molar-refractivity contribution in [3.63, 3.8) is 0 Å². The van der Waals surface area contributed by atoms with Gasteiger partial charge in [-0.2, -0.15) is 0 Å². The predicted molar refractivity (Wildman–Crippen MR) is 70.2 cm³/mol. The van der Waals surface area contributed by atoms with Gasteiger partial charge in [-0.1, -0.05) is 49.6 Å². The van der Waals surface area contributed by atoms with Gasteiger partial charge in [0.1, 0.15) is 0 Å². The highest BCUT2D eigenvalue weighted by molar-refractivity contribution is 8.67. The van der Waals surface area contributed by atoms with E-state index in [0.29, 0.717) is 0 Å². The molecule has 0 aliphatic carbocycles. The first-order chi connectivity index (χ1) is 6.95. The van der Waals surface area contributed by atoms with Gasteiger partial charge in [0.15, 0.2) is 0 Å². The summed E-state index contributed by atoms with van der Waals surface area (Å²) in [6, 6.07) is 13.1. The summed E-state index contributed by atoms with van der Waals surface area (Å²) in [6.07, 6.45) is 0. The van der Waals surface area contributed by atoms with E-state index in [1.54, 1.807) is 0 Å². The van der Waals surface area contributed by atoms with Crippen molar-refractivity contribution in [2.24, 2.45) is 0 Å². The van der Waals surface area contributed by atoms with E-state index in [9.17, 15) is 0 Å². The van der Waals surface area contributed by atoms with E-state index in [1.807, 2.05) is 11.4 Å². The van der Waals surface area contributed by atoms with Gasteiger partial charge in [0.25, 0.3) is 0 Å². The highest BCUT2D eigenvalue weighted by Gasteiger charge is 2.08. The molecule has 0 fully saturated rings. The van der Waals surface area contributed by atoms with Crippen molar-refractivity contribution in [2.75, 3.05) is 0 Å². The Labute approximate surface area is 90.3 Å². The summed E-state index contributed by atoms with van der Waals surface area (Å²) in [4.78, 5) is 1.45. The van der Waals surface area contributed by atoms with Crippen LogP contribution in [0.1, 0.15) is 5.56 Å². The average Bonchev–Trinajstić information content (AvgIpc) is 2.29. The van der Waals surface area contributed by atoms with E-state index in [-0.39, 0.29) is 0 Å². The summed E-state index contributed by atoms with van der Waals surface area (Å²) in [5.74, 6) is 2.35. The highest BCUT2D eigenvalue weighted by Crippen LogP contribution is 2.52. The van der Waals surface area contributed by atoms with Crippen molar-refractivity contribution in [2.45, 2.75) is 4.90 Å². The fourth-order valence-electron chi connectivity index (χ4n) is 1.66. The van der Waals surface area contributed by atoms with Crippen molar-refractivity contribution in [1.29, 1.82) is 0 Å². The monoisotopic (exact) mass is 234 g/mol. The van der Waals surface area contributed by atoms with Crippen LogP contribution in [-0.4, -0.2) is 5.80 Å². The lowest BCUT2D eigenvalue weighted by atomic mass is 10.1. The molecule has 1 atom stereocenters. The second-order valence-electron chi connectivity index (χ2n) is 3.15. The second-order valence-corrected chi connectivity index (χ2v) is 8.07. The van der Waals surface area contributed by atoms with Crippen molar-refractivity contribution < 1.29 is 0 Å². The molecule has 0 aromatic heterocycles. The van der Waals surface area contributed by atoms with Crippen LogP contribution in [0.15, 0.2) is 41.3 Å². The summed E-state index contributed by atoms with van der Waals surface area (Å²) in [5, 5.41) is 2.75.